The van der Waals surface area contributed by atoms with Gasteiger partial charge >= 0.3 is 0 Å². The lowest BCUT2D eigenvalue weighted by atomic mass is 10.1. The molecule has 1 aliphatic heterocycles. The number of nitrogens with one attached hydrogen (secondary N) is 1. The number of primary amides is 1. The van der Waals surface area contributed by atoms with E-state index in [4.69, 9.17) is 5.73 Å². The van der Waals surface area contributed by atoms with Crippen LogP contribution in [0.15, 0.2) is 0 Å². The quantitative estimate of drug-likeness (QED) is 0.665. The van der Waals surface area contributed by atoms with E-state index in [1.807, 2.05) is 4.90 Å². The number of amides is 1. The number of nitrogens with two attached hydrogens (primary N) is 1. The first kappa shape index (κ1) is 12.8. The summed E-state index contributed by atoms with van der Waals surface area (Å²) in [5.74, 6) is -0.365. The first-order valence-electron chi connectivity index (χ1n) is 5.99. The smallest absolute Gasteiger partial charge is 0.231 e. The lowest BCUT2D eigenvalue weighted by Gasteiger charge is -2.32. The second kappa shape index (κ2) is 4.91. The van der Waals surface area contributed by atoms with Crippen LogP contribution < -0.4 is 10.5 Å². The maximum absolute atomic E-state index is 11.8. The molecule has 0 aromatic heterocycles. The van der Waals surface area contributed by atoms with Crippen molar-refractivity contribution in [3.8, 4) is 0 Å². The maximum Gasteiger partial charge on any atom is 0.231 e. The molecule has 0 aromatic carbocycles. The van der Waals surface area contributed by atoms with Gasteiger partial charge in [-0.3, -0.25) is 9.69 Å². The molecule has 2 aliphatic rings. The highest BCUT2D eigenvalue weighted by molar-refractivity contribution is 7.90. The fraction of sp³-hybridized carbons (Fsp3) is 0.900. The molecule has 1 saturated carbocycles. The van der Waals surface area contributed by atoms with Crippen molar-refractivity contribution in [1.82, 2.24) is 9.62 Å². The Bertz CT molecular complexity index is 392. The third kappa shape index (κ3) is 3.65. The molecular weight excluding hydrogens is 242 g/mol. The van der Waals surface area contributed by atoms with Crippen LogP contribution in [0, 0.1) is 0 Å². The van der Waals surface area contributed by atoms with Gasteiger partial charge in [0.1, 0.15) is 0 Å². The number of carbonyl (C=O) groups is 1. The number of sulfonamides is 1. The number of carbonyl (C=O) groups excluding carboxylic acids is 1. The zero-order valence-corrected chi connectivity index (χ0v) is 10.6. The Morgan fingerprint density at radius 1 is 1.35 bits per heavy atom. The predicted octanol–water partition coefficient (Wildman–Crippen LogP) is -0.982. The SMILES string of the molecule is NC(=O)CN1CCCC(NS(=O)(=O)C2CC2)C1. The molecule has 1 heterocycles. The van der Waals surface area contributed by atoms with E-state index in [0.29, 0.717) is 6.54 Å². The molecule has 17 heavy (non-hydrogen) atoms. The van der Waals surface area contributed by atoms with Crippen molar-refractivity contribution in [2.45, 2.75) is 37.0 Å². The summed E-state index contributed by atoms with van der Waals surface area (Å²) in [6.07, 6.45) is 3.27. The molecule has 0 bridgehead atoms. The van der Waals surface area contributed by atoms with Crippen LogP contribution in [0.4, 0.5) is 0 Å². The van der Waals surface area contributed by atoms with Crippen LogP contribution in [0.2, 0.25) is 0 Å². The predicted molar refractivity (Wildman–Crippen MR) is 63.7 cm³/mol. The minimum absolute atomic E-state index is 0.0753. The molecule has 1 aliphatic carbocycles. The number of nitrogens with zero attached hydrogens (tertiary/aromatic N) is 1. The summed E-state index contributed by atoms with van der Waals surface area (Å²) >= 11 is 0. The van der Waals surface area contributed by atoms with E-state index < -0.39 is 10.0 Å². The van der Waals surface area contributed by atoms with Gasteiger partial charge in [0, 0.05) is 12.6 Å². The molecule has 2 rings (SSSR count). The van der Waals surface area contributed by atoms with Gasteiger partial charge in [-0.05, 0) is 32.2 Å². The number of hydrogen-bond acceptors (Lipinski definition) is 4. The van der Waals surface area contributed by atoms with Crippen molar-refractivity contribution in [1.29, 1.82) is 0 Å². The molecule has 0 radical (unpaired) electrons. The third-order valence-electron chi connectivity index (χ3n) is 3.18. The fourth-order valence-electron chi connectivity index (χ4n) is 2.22. The summed E-state index contributed by atoms with van der Waals surface area (Å²) < 4.78 is 26.3. The van der Waals surface area contributed by atoms with Crippen LogP contribution in [-0.2, 0) is 14.8 Å². The van der Waals surface area contributed by atoms with Gasteiger partial charge in [-0.1, -0.05) is 0 Å². The van der Waals surface area contributed by atoms with Crippen molar-refractivity contribution in [3.05, 3.63) is 0 Å². The van der Waals surface area contributed by atoms with E-state index in [9.17, 15) is 13.2 Å². The molecule has 6 nitrogen and oxygen atoms in total. The third-order valence-corrected chi connectivity index (χ3v) is 5.19. The topological polar surface area (TPSA) is 92.5 Å². The van der Waals surface area contributed by atoms with Gasteiger partial charge < -0.3 is 5.73 Å². The number of piperidine rings is 1. The first-order chi connectivity index (χ1) is 7.97. The standard InChI is InChI=1S/C10H19N3O3S/c11-10(14)7-13-5-1-2-8(6-13)12-17(15,16)9-3-4-9/h8-9,12H,1-7H2,(H2,11,14). The Morgan fingerprint density at radius 2 is 2.06 bits per heavy atom. The highest BCUT2D eigenvalue weighted by Crippen LogP contribution is 2.28. The van der Waals surface area contributed by atoms with Gasteiger partial charge in [0.2, 0.25) is 15.9 Å². The molecule has 2 fully saturated rings. The molecule has 1 atom stereocenters. The minimum Gasteiger partial charge on any atom is -0.369 e. The van der Waals surface area contributed by atoms with E-state index in [1.165, 1.54) is 0 Å². The van der Waals surface area contributed by atoms with Crippen LogP contribution in [0.5, 0.6) is 0 Å². The summed E-state index contributed by atoms with van der Waals surface area (Å²) in [4.78, 5) is 12.7. The monoisotopic (exact) mass is 261 g/mol. The minimum atomic E-state index is -3.13. The highest BCUT2D eigenvalue weighted by Gasteiger charge is 2.37. The number of hydrogen-bond donors (Lipinski definition) is 2. The largest absolute Gasteiger partial charge is 0.369 e. The second-order valence-electron chi connectivity index (χ2n) is 4.90. The van der Waals surface area contributed by atoms with Crippen LogP contribution in [0.25, 0.3) is 0 Å². The molecule has 3 N–H and O–H groups in total. The van der Waals surface area contributed by atoms with E-state index in [-0.39, 0.29) is 23.7 Å². The second-order valence-corrected chi connectivity index (χ2v) is 6.90. The van der Waals surface area contributed by atoms with Crippen LogP contribution in [0.1, 0.15) is 25.7 Å². The van der Waals surface area contributed by atoms with E-state index in [1.54, 1.807) is 0 Å². The zero-order chi connectivity index (χ0) is 12.5. The van der Waals surface area contributed by atoms with Gasteiger partial charge in [-0.2, -0.15) is 0 Å². The van der Waals surface area contributed by atoms with Gasteiger partial charge in [0.05, 0.1) is 11.8 Å². The van der Waals surface area contributed by atoms with Gasteiger partial charge in [-0.25, -0.2) is 13.1 Å². The number of likely N-dealkylation sites (tertiary alicyclic amines) is 1. The Morgan fingerprint density at radius 3 is 2.65 bits per heavy atom. The summed E-state index contributed by atoms with van der Waals surface area (Å²) in [5.41, 5.74) is 5.13. The van der Waals surface area contributed by atoms with Gasteiger partial charge in [0.15, 0.2) is 0 Å². The van der Waals surface area contributed by atoms with Crippen molar-refractivity contribution in [2.75, 3.05) is 19.6 Å². The Balaban J connectivity index is 1.86. The van der Waals surface area contributed by atoms with Crippen molar-refractivity contribution >= 4 is 15.9 Å². The van der Waals surface area contributed by atoms with Crippen LogP contribution >= 0.6 is 0 Å². The Kier molecular flexibility index (Phi) is 3.70. The summed E-state index contributed by atoms with van der Waals surface area (Å²) in [6, 6.07) is -0.0753. The molecule has 7 heteroatoms. The average molecular weight is 261 g/mol. The summed E-state index contributed by atoms with van der Waals surface area (Å²) in [5, 5.41) is -0.186. The molecule has 1 saturated heterocycles. The summed E-state index contributed by atoms with van der Waals surface area (Å²) in [6.45, 7) is 1.60. The average Bonchev–Trinajstić information content (AvgIpc) is 2.98. The van der Waals surface area contributed by atoms with Crippen molar-refractivity contribution in [3.63, 3.8) is 0 Å². The van der Waals surface area contributed by atoms with Gasteiger partial charge in [0.25, 0.3) is 0 Å². The van der Waals surface area contributed by atoms with E-state index in [2.05, 4.69) is 4.72 Å². The summed E-state index contributed by atoms with van der Waals surface area (Å²) in [7, 11) is -3.13. The molecular formula is C10H19N3O3S. The fourth-order valence-corrected chi connectivity index (χ4v) is 3.83. The normalized spacial score (nSPS) is 26.9. The molecule has 1 unspecified atom stereocenters. The molecule has 0 aromatic rings. The maximum atomic E-state index is 11.8. The van der Waals surface area contributed by atoms with Crippen LogP contribution in [0.3, 0.4) is 0 Å². The lowest BCUT2D eigenvalue weighted by Crippen LogP contribution is -2.50. The van der Waals surface area contributed by atoms with E-state index >= 15 is 0 Å². The Hall–Kier alpha value is -0.660. The zero-order valence-electron chi connectivity index (χ0n) is 9.76. The van der Waals surface area contributed by atoms with Gasteiger partial charge in [-0.15, -0.1) is 0 Å². The van der Waals surface area contributed by atoms with Crippen molar-refractivity contribution < 1.29 is 13.2 Å². The van der Waals surface area contributed by atoms with Crippen LogP contribution in [-0.4, -0.2) is 50.2 Å². The molecule has 0 spiro atoms. The highest BCUT2D eigenvalue weighted by atomic mass is 32.2. The lowest BCUT2D eigenvalue weighted by molar-refractivity contribution is -0.119. The Labute approximate surface area is 102 Å². The van der Waals surface area contributed by atoms with E-state index in [0.717, 1.165) is 32.2 Å². The molecule has 98 valence electrons. The molecule has 1 amide bonds. The van der Waals surface area contributed by atoms with Crippen molar-refractivity contribution in [2.24, 2.45) is 5.73 Å². The first-order valence-corrected chi connectivity index (χ1v) is 7.54. The number of rotatable bonds is 5.